The van der Waals surface area contributed by atoms with Crippen LogP contribution in [0.1, 0.15) is 29.8 Å². The Morgan fingerprint density at radius 2 is 2.30 bits per heavy atom. The monoisotopic (exact) mass is 338 g/mol. The van der Waals surface area contributed by atoms with Gasteiger partial charge in [0.25, 0.3) is 5.91 Å². The number of methoxy groups -OCH3 is 1. The maximum Gasteiger partial charge on any atom is 0.295 e. The minimum absolute atomic E-state index is 0.135. The molecule has 1 aromatic carbocycles. The molecule has 20 heavy (non-hydrogen) atoms. The third-order valence-corrected chi connectivity index (χ3v) is 3.29. The Bertz CT molecular complexity index is 612. The van der Waals surface area contributed by atoms with Crippen molar-refractivity contribution in [2.75, 3.05) is 12.4 Å². The van der Waals surface area contributed by atoms with Gasteiger partial charge >= 0.3 is 0 Å². The summed E-state index contributed by atoms with van der Waals surface area (Å²) in [6.45, 7) is 2.04. The van der Waals surface area contributed by atoms with E-state index < -0.39 is 0 Å². The van der Waals surface area contributed by atoms with Gasteiger partial charge in [-0.1, -0.05) is 6.92 Å². The topological polar surface area (TPSA) is 79.9 Å². The number of aryl methyl sites for hydroxylation is 1. The molecule has 1 amide bonds. The average Bonchev–Trinajstić information content (AvgIpc) is 2.90. The van der Waals surface area contributed by atoms with Crippen molar-refractivity contribution < 1.29 is 9.53 Å². The molecule has 2 N–H and O–H groups in total. The molecule has 2 aromatic rings. The van der Waals surface area contributed by atoms with Crippen LogP contribution in [0.4, 0.5) is 5.69 Å². The molecule has 0 saturated heterocycles. The SMILES string of the molecule is CCCc1nc(C(=O)Nc2ccc(Br)c(OC)c2)n[nH]1. The van der Waals surface area contributed by atoms with Crippen LogP contribution in [0, 0.1) is 0 Å². The molecule has 2 rings (SSSR count). The van der Waals surface area contributed by atoms with E-state index in [1.165, 1.54) is 0 Å². The number of amides is 1. The van der Waals surface area contributed by atoms with E-state index in [1.54, 1.807) is 25.3 Å². The Morgan fingerprint density at radius 3 is 3.00 bits per heavy atom. The number of nitrogens with zero attached hydrogens (tertiary/aromatic N) is 2. The van der Waals surface area contributed by atoms with Crippen LogP contribution < -0.4 is 10.1 Å². The van der Waals surface area contributed by atoms with Crippen LogP contribution in [-0.2, 0) is 6.42 Å². The van der Waals surface area contributed by atoms with Crippen molar-refractivity contribution in [1.82, 2.24) is 15.2 Å². The lowest BCUT2D eigenvalue weighted by atomic mass is 10.3. The molecule has 1 heterocycles. The predicted molar refractivity (Wildman–Crippen MR) is 79.0 cm³/mol. The molecule has 7 heteroatoms. The molecular weight excluding hydrogens is 324 g/mol. The molecular formula is C13H15BrN4O2. The standard InChI is InChI=1S/C13H15BrN4O2/c1-3-4-11-16-12(18-17-11)13(19)15-8-5-6-9(14)10(7-8)20-2/h5-7H,3-4H2,1-2H3,(H,15,19)(H,16,17,18). The third-order valence-electron chi connectivity index (χ3n) is 2.63. The Balaban J connectivity index is 2.10. The van der Waals surface area contributed by atoms with Crippen LogP contribution in [-0.4, -0.2) is 28.2 Å². The Hall–Kier alpha value is -1.89. The second kappa shape index (κ2) is 6.51. The maximum absolute atomic E-state index is 12.0. The highest BCUT2D eigenvalue weighted by Crippen LogP contribution is 2.27. The Kier molecular flexibility index (Phi) is 4.73. The van der Waals surface area contributed by atoms with E-state index in [0.29, 0.717) is 17.3 Å². The molecule has 0 spiro atoms. The molecule has 106 valence electrons. The van der Waals surface area contributed by atoms with Crippen molar-refractivity contribution in [3.05, 3.63) is 34.3 Å². The van der Waals surface area contributed by atoms with Gasteiger partial charge in [0.05, 0.1) is 11.6 Å². The number of carbonyl (C=O) groups excluding carboxylic acids is 1. The first-order valence-electron chi connectivity index (χ1n) is 6.20. The number of halogens is 1. The molecule has 6 nitrogen and oxygen atoms in total. The van der Waals surface area contributed by atoms with Gasteiger partial charge in [0.2, 0.25) is 5.82 Å². The number of benzene rings is 1. The maximum atomic E-state index is 12.0. The van der Waals surface area contributed by atoms with Gasteiger partial charge in [-0.25, -0.2) is 4.98 Å². The molecule has 0 aliphatic carbocycles. The Labute approximate surface area is 125 Å². The molecule has 0 aliphatic heterocycles. The van der Waals surface area contributed by atoms with Crippen molar-refractivity contribution in [3.63, 3.8) is 0 Å². The molecule has 0 radical (unpaired) electrons. The zero-order valence-corrected chi connectivity index (χ0v) is 12.8. The average molecular weight is 339 g/mol. The molecule has 0 unspecified atom stereocenters. The van der Waals surface area contributed by atoms with E-state index >= 15 is 0 Å². The summed E-state index contributed by atoms with van der Waals surface area (Å²) in [5.41, 5.74) is 0.622. The molecule has 0 aliphatic rings. The van der Waals surface area contributed by atoms with Crippen molar-refractivity contribution in [2.45, 2.75) is 19.8 Å². The summed E-state index contributed by atoms with van der Waals surface area (Å²) < 4.78 is 5.99. The lowest BCUT2D eigenvalue weighted by Gasteiger charge is -2.07. The second-order valence-electron chi connectivity index (χ2n) is 4.16. The van der Waals surface area contributed by atoms with E-state index in [4.69, 9.17) is 4.74 Å². The fourth-order valence-corrected chi connectivity index (χ4v) is 2.08. The molecule has 1 aromatic heterocycles. The number of H-pyrrole nitrogens is 1. The first-order valence-corrected chi connectivity index (χ1v) is 6.99. The molecule has 0 saturated carbocycles. The van der Waals surface area contributed by atoms with E-state index in [1.807, 2.05) is 6.92 Å². The highest BCUT2D eigenvalue weighted by molar-refractivity contribution is 9.10. The summed E-state index contributed by atoms with van der Waals surface area (Å²) >= 11 is 3.35. The number of aromatic nitrogens is 3. The minimum atomic E-state index is -0.354. The van der Waals surface area contributed by atoms with Crippen LogP contribution in [0.25, 0.3) is 0 Å². The fraction of sp³-hybridized carbons (Fsp3) is 0.308. The zero-order chi connectivity index (χ0) is 14.5. The van der Waals surface area contributed by atoms with Gasteiger partial charge in [-0.15, -0.1) is 5.10 Å². The lowest BCUT2D eigenvalue weighted by Crippen LogP contribution is -2.13. The molecule has 0 fully saturated rings. The minimum Gasteiger partial charge on any atom is -0.495 e. The predicted octanol–water partition coefficient (Wildman–Crippen LogP) is 2.78. The lowest BCUT2D eigenvalue weighted by molar-refractivity contribution is 0.101. The summed E-state index contributed by atoms with van der Waals surface area (Å²) in [7, 11) is 1.57. The summed E-state index contributed by atoms with van der Waals surface area (Å²) in [6.07, 6.45) is 1.71. The van der Waals surface area contributed by atoms with E-state index in [-0.39, 0.29) is 11.7 Å². The summed E-state index contributed by atoms with van der Waals surface area (Å²) in [5.74, 6) is 1.14. The first-order chi connectivity index (χ1) is 9.63. The van der Waals surface area contributed by atoms with Crippen LogP contribution >= 0.6 is 15.9 Å². The summed E-state index contributed by atoms with van der Waals surface area (Å²) in [4.78, 5) is 16.1. The molecule has 0 atom stereocenters. The van der Waals surface area contributed by atoms with Crippen LogP contribution in [0.5, 0.6) is 5.75 Å². The quantitative estimate of drug-likeness (QED) is 0.878. The van der Waals surface area contributed by atoms with E-state index in [0.717, 1.165) is 17.3 Å². The number of hydrogen-bond donors (Lipinski definition) is 2. The number of hydrogen-bond acceptors (Lipinski definition) is 4. The first kappa shape index (κ1) is 14.5. The third kappa shape index (κ3) is 3.36. The number of carbonyl (C=O) groups is 1. The van der Waals surface area contributed by atoms with Crippen LogP contribution in [0.15, 0.2) is 22.7 Å². The number of rotatable bonds is 5. The van der Waals surface area contributed by atoms with Gasteiger partial charge in [0.15, 0.2) is 0 Å². The number of aromatic amines is 1. The van der Waals surface area contributed by atoms with Gasteiger partial charge in [-0.3, -0.25) is 9.89 Å². The van der Waals surface area contributed by atoms with Gasteiger partial charge in [0, 0.05) is 18.2 Å². The van der Waals surface area contributed by atoms with E-state index in [9.17, 15) is 4.79 Å². The van der Waals surface area contributed by atoms with Crippen molar-refractivity contribution in [2.24, 2.45) is 0 Å². The second-order valence-corrected chi connectivity index (χ2v) is 5.01. The van der Waals surface area contributed by atoms with Gasteiger partial charge < -0.3 is 10.1 Å². The summed E-state index contributed by atoms with van der Waals surface area (Å²) in [6, 6.07) is 5.29. The fourth-order valence-electron chi connectivity index (χ4n) is 1.67. The van der Waals surface area contributed by atoms with E-state index in [2.05, 4.69) is 36.4 Å². The highest BCUT2D eigenvalue weighted by Gasteiger charge is 2.13. The normalized spacial score (nSPS) is 10.3. The zero-order valence-electron chi connectivity index (χ0n) is 11.2. The Morgan fingerprint density at radius 1 is 1.50 bits per heavy atom. The van der Waals surface area contributed by atoms with Crippen LogP contribution in [0.2, 0.25) is 0 Å². The highest BCUT2D eigenvalue weighted by atomic mass is 79.9. The van der Waals surface area contributed by atoms with Gasteiger partial charge in [0.1, 0.15) is 11.6 Å². The van der Waals surface area contributed by atoms with Crippen molar-refractivity contribution >= 4 is 27.5 Å². The smallest absolute Gasteiger partial charge is 0.295 e. The van der Waals surface area contributed by atoms with Gasteiger partial charge in [-0.2, -0.15) is 0 Å². The number of nitrogens with one attached hydrogen (secondary N) is 2. The van der Waals surface area contributed by atoms with Crippen LogP contribution in [0.3, 0.4) is 0 Å². The molecule has 0 bridgehead atoms. The number of anilines is 1. The van der Waals surface area contributed by atoms with Crippen molar-refractivity contribution in [3.8, 4) is 5.75 Å². The van der Waals surface area contributed by atoms with Gasteiger partial charge in [-0.05, 0) is 34.5 Å². The number of ether oxygens (including phenoxy) is 1. The summed E-state index contributed by atoms with van der Waals surface area (Å²) in [5, 5.41) is 9.38. The van der Waals surface area contributed by atoms with Crippen molar-refractivity contribution in [1.29, 1.82) is 0 Å². The largest absolute Gasteiger partial charge is 0.495 e.